The van der Waals surface area contributed by atoms with Crippen molar-refractivity contribution in [2.45, 2.75) is 28.8 Å². The van der Waals surface area contributed by atoms with Gasteiger partial charge >= 0.3 is 0 Å². The van der Waals surface area contributed by atoms with Crippen LogP contribution in [-0.2, 0) is 4.74 Å². The molecule has 0 bridgehead atoms. The maximum Gasteiger partial charge on any atom is 0.200 e. The second-order valence-corrected chi connectivity index (χ2v) is 8.08. The maximum atomic E-state index is 13.5. The van der Waals surface area contributed by atoms with Crippen molar-refractivity contribution in [3.05, 3.63) is 101 Å². The number of hydrogen-bond acceptors (Lipinski definition) is 3. The van der Waals surface area contributed by atoms with Crippen LogP contribution in [0.2, 0.25) is 0 Å². The average molecular weight is 358 g/mol. The zero-order valence-electron chi connectivity index (χ0n) is 14.4. The third-order valence-corrected chi connectivity index (χ3v) is 6.72. The smallest absolute Gasteiger partial charge is 0.200 e. The topological polar surface area (TPSA) is 29.6 Å². The second-order valence-electron chi connectivity index (χ2n) is 6.94. The van der Waals surface area contributed by atoms with Gasteiger partial charge in [0, 0.05) is 10.5 Å². The molecule has 2 aliphatic heterocycles. The van der Waals surface area contributed by atoms with Crippen molar-refractivity contribution >= 4 is 17.5 Å². The minimum Gasteiger partial charge on any atom is -0.351 e. The van der Waals surface area contributed by atoms with Crippen molar-refractivity contribution in [2.24, 2.45) is 0 Å². The molecule has 2 heterocycles. The molecule has 1 saturated heterocycles. The average Bonchev–Trinajstić information content (AvgIpc) is 3.42. The number of thioether (sulfide) groups is 1. The summed E-state index contributed by atoms with van der Waals surface area (Å²) in [7, 11) is 0. The van der Waals surface area contributed by atoms with Crippen LogP contribution in [0, 0.1) is 6.92 Å². The molecule has 0 aromatic heterocycles. The number of fused-ring (bicyclic) bond motifs is 1. The Morgan fingerprint density at radius 3 is 2.31 bits per heavy atom. The second kappa shape index (κ2) is 5.83. The van der Waals surface area contributed by atoms with Crippen LogP contribution in [0.3, 0.4) is 0 Å². The van der Waals surface area contributed by atoms with Gasteiger partial charge in [0.25, 0.3) is 0 Å². The lowest BCUT2D eigenvalue weighted by Crippen LogP contribution is -2.35. The highest BCUT2D eigenvalue weighted by molar-refractivity contribution is 7.99. The summed E-state index contributed by atoms with van der Waals surface area (Å²) >= 11 is 1.74. The number of carbonyl (C=O) groups is 1. The van der Waals surface area contributed by atoms with Crippen LogP contribution in [0.1, 0.15) is 38.4 Å². The number of benzene rings is 3. The Morgan fingerprint density at radius 2 is 1.54 bits per heavy atom. The van der Waals surface area contributed by atoms with Crippen LogP contribution in [0.25, 0.3) is 0 Å². The fraction of sp³-hybridized carbons (Fsp3) is 0.174. The van der Waals surface area contributed by atoms with Gasteiger partial charge in [0.05, 0.1) is 5.25 Å². The molecule has 2 aliphatic rings. The van der Waals surface area contributed by atoms with E-state index in [2.05, 4.69) is 43.3 Å². The van der Waals surface area contributed by atoms with E-state index in [-0.39, 0.29) is 17.1 Å². The van der Waals surface area contributed by atoms with E-state index in [1.807, 2.05) is 42.5 Å². The molecule has 1 spiro atoms. The van der Waals surface area contributed by atoms with Gasteiger partial charge in [-0.2, -0.15) is 0 Å². The maximum absolute atomic E-state index is 13.5. The van der Waals surface area contributed by atoms with Crippen molar-refractivity contribution in [1.29, 1.82) is 0 Å². The van der Waals surface area contributed by atoms with Crippen LogP contribution >= 0.6 is 11.8 Å². The van der Waals surface area contributed by atoms with Crippen LogP contribution in [0.4, 0.5) is 0 Å². The first-order chi connectivity index (χ1) is 12.7. The van der Waals surface area contributed by atoms with Crippen molar-refractivity contribution in [3.8, 4) is 0 Å². The summed E-state index contributed by atoms with van der Waals surface area (Å²) in [4.78, 5) is 14.5. The zero-order valence-corrected chi connectivity index (χ0v) is 15.2. The van der Waals surface area contributed by atoms with Crippen LogP contribution in [0.5, 0.6) is 0 Å². The summed E-state index contributed by atoms with van der Waals surface area (Å²) in [5.41, 5.74) is 3.38. The molecule has 128 valence electrons. The summed E-state index contributed by atoms with van der Waals surface area (Å²) in [5, 5.41) is -0.0441. The molecule has 1 fully saturated rings. The summed E-state index contributed by atoms with van der Waals surface area (Å²) in [5.74, 6) is 0.103. The molecule has 3 aromatic rings. The van der Waals surface area contributed by atoms with E-state index in [0.717, 1.165) is 21.6 Å². The highest BCUT2D eigenvalue weighted by atomic mass is 32.2. The Kier molecular flexibility index (Phi) is 3.56. The zero-order chi connectivity index (χ0) is 17.7. The molecule has 5 rings (SSSR count). The first-order valence-electron chi connectivity index (χ1n) is 8.80. The number of ketones is 1. The van der Waals surface area contributed by atoms with Gasteiger partial charge in [-0.05, 0) is 24.1 Å². The first-order valence-corrected chi connectivity index (χ1v) is 9.68. The molecule has 26 heavy (non-hydrogen) atoms. The molecule has 0 saturated carbocycles. The number of rotatable bonds is 2. The van der Waals surface area contributed by atoms with Crippen LogP contribution in [0.15, 0.2) is 83.8 Å². The molecule has 0 aliphatic carbocycles. The fourth-order valence-corrected chi connectivity index (χ4v) is 5.29. The summed E-state index contributed by atoms with van der Waals surface area (Å²) < 4.78 is 6.24. The molecular weight excluding hydrogens is 340 g/mol. The van der Waals surface area contributed by atoms with Crippen molar-refractivity contribution in [1.82, 2.24) is 0 Å². The minimum absolute atomic E-state index is 0.0441. The molecule has 3 atom stereocenters. The highest BCUT2D eigenvalue weighted by Crippen LogP contribution is 2.66. The van der Waals surface area contributed by atoms with Gasteiger partial charge in [-0.25, -0.2) is 0 Å². The van der Waals surface area contributed by atoms with Crippen molar-refractivity contribution in [2.75, 3.05) is 0 Å². The largest absolute Gasteiger partial charge is 0.351 e. The van der Waals surface area contributed by atoms with Gasteiger partial charge in [0.2, 0.25) is 0 Å². The van der Waals surface area contributed by atoms with Gasteiger partial charge in [-0.3, -0.25) is 4.79 Å². The Morgan fingerprint density at radius 1 is 0.846 bits per heavy atom. The molecule has 0 radical (unpaired) electrons. The number of ether oxygens (including phenoxy) is 1. The van der Waals surface area contributed by atoms with E-state index in [9.17, 15) is 4.79 Å². The van der Waals surface area contributed by atoms with Gasteiger partial charge in [-0.15, -0.1) is 11.8 Å². The molecular formula is C23H18O2S. The number of aryl methyl sites for hydroxylation is 1. The Hall–Kier alpha value is -2.36. The normalized spacial score (nSPS) is 26.6. The van der Waals surface area contributed by atoms with E-state index >= 15 is 0 Å². The SMILES string of the molecule is Cc1ccc([C@H]2O[C@]23C(=O)c2ccccc2S[C@@H]3c2ccccc2)cc1. The minimum atomic E-state index is -0.810. The highest BCUT2D eigenvalue weighted by Gasteiger charge is 2.69. The third kappa shape index (κ3) is 2.28. The van der Waals surface area contributed by atoms with E-state index in [1.54, 1.807) is 11.8 Å². The van der Waals surface area contributed by atoms with E-state index < -0.39 is 5.60 Å². The van der Waals surface area contributed by atoms with E-state index in [0.29, 0.717) is 0 Å². The molecule has 0 N–H and O–H groups in total. The van der Waals surface area contributed by atoms with Gasteiger partial charge in [0.15, 0.2) is 11.4 Å². The number of carbonyl (C=O) groups excluding carboxylic acids is 1. The Bertz CT molecular complexity index is 981. The van der Waals surface area contributed by atoms with Gasteiger partial charge in [0.1, 0.15) is 6.10 Å². The molecule has 3 aromatic carbocycles. The molecule has 0 unspecified atom stereocenters. The van der Waals surface area contributed by atoms with Crippen LogP contribution in [-0.4, -0.2) is 11.4 Å². The summed E-state index contributed by atoms with van der Waals surface area (Å²) in [6.45, 7) is 2.07. The molecule has 3 heteroatoms. The Labute approximate surface area is 157 Å². The number of Topliss-reactive ketones (excluding diaryl/α,β-unsaturated/α-hetero) is 1. The lowest BCUT2D eigenvalue weighted by atomic mass is 9.84. The fourth-order valence-electron chi connectivity index (χ4n) is 3.83. The third-order valence-electron chi connectivity index (χ3n) is 5.25. The van der Waals surface area contributed by atoms with E-state index in [4.69, 9.17) is 4.74 Å². The standard InChI is InChI=1S/C23H18O2S/c1-15-11-13-16(14-12-15)21-23(25-21)20(24)18-9-5-6-10-19(18)26-22(23)17-7-3-2-4-8-17/h2-14,21-22H,1H3/t21-,22-,23-/m1/s1. The van der Waals surface area contributed by atoms with Crippen molar-refractivity contribution in [3.63, 3.8) is 0 Å². The summed E-state index contributed by atoms with van der Waals surface area (Å²) in [6.07, 6.45) is -0.193. The molecule has 2 nitrogen and oxygen atoms in total. The van der Waals surface area contributed by atoms with Gasteiger partial charge in [-0.1, -0.05) is 78.4 Å². The first kappa shape index (κ1) is 15.9. The lowest BCUT2D eigenvalue weighted by molar-refractivity contribution is 0.0861. The Balaban J connectivity index is 1.64. The monoisotopic (exact) mass is 358 g/mol. The van der Waals surface area contributed by atoms with Crippen molar-refractivity contribution < 1.29 is 9.53 Å². The number of epoxide rings is 1. The number of hydrogen-bond donors (Lipinski definition) is 0. The van der Waals surface area contributed by atoms with E-state index in [1.165, 1.54) is 5.56 Å². The van der Waals surface area contributed by atoms with Gasteiger partial charge < -0.3 is 4.74 Å². The van der Waals surface area contributed by atoms with Crippen LogP contribution < -0.4 is 0 Å². The predicted molar refractivity (Wildman–Crippen MR) is 104 cm³/mol. The summed E-state index contributed by atoms with van der Waals surface area (Å²) in [6, 6.07) is 26.4. The quantitative estimate of drug-likeness (QED) is 0.564. The molecule has 0 amide bonds. The predicted octanol–water partition coefficient (Wildman–Crippen LogP) is 5.54. The lowest BCUT2D eigenvalue weighted by Gasteiger charge is -2.30.